The van der Waals surface area contributed by atoms with Crippen LogP contribution in [0.15, 0.2) is 47.4 Å². The van der Waals surface area contributed by atoms with Gasteiger partial charge in [-0.1, -0.05) is 12.0 Å². The maximum absolute atomic E-state index is 12.8. The minimum absolute atomic E-state index is 0.0128. The zero-order chi connectivity index (χ0) is 17.4. The molecular formula is C20H18N4O. The molecule has 5 heteroatoms. The molecule has 0 radical (unpaired) electrons. The first kappa shape index (κ1) is 15.6. The highest BCUT2D eigenvalue weighted by molar-refractivity contribution is 5.79. The second-order valence-corrected chi connectivity index (χ2v) is 6.85. The molecule has 1 aliphatic heterocycles. The van der Waals surface area contributed by atoms with E-state index in [9.17, 15) is 4.79 Å². The first-order valence-electron chi connectivity index (χ1n) is 8.23. The van der Waals surface area contributed by atoms with Gasteiger partial charge < -0.3 is 5.32 Å². The molecule has 0 aliphatic carbocycles. The maximum atomic E-state index is 12.8. The largest absolute Gasteiger partial charge is 0.303 e. The molecule has 1 aromatic carbocycles. The first-order valence-corrected chi connectivity index (χ1v) is 8.23. The van der Waals surface area contributed by atoms with Crippen LogP contribution in [0.25, 0.3) is 10.9 Å². The maximum Gasteiger partial charge on any atom is 0.261 e. The number of fused-ring (bicyclic) bond motifs is 2. The van der Waals surface area contributed by atoms with Crippen LogP contribution in [0, 0.1) is 11.8 Å². The zero-order valence-electron chi connectivity index (χ0n) is 14.2. The number of aromatic nitrogens is 3. The fraction of sp³-hybridized carbons (Fsp3) is 0.250. The lowest BCUT2D eigenvalue weighted by Gasteiger charge is -2.33. The van der Waals surface area contributed by atoms with Gasteiger partial charge in [0.1, 0.15) is 11.5 Å². The van der Waals surface area contributed by atoms with E-state index < -0.39 is 0 Å². The van der Waals surface area contributed by atoms with Gasteiger partial charge in [0.2, 0.25) is 0 Å². The Hall–Kier alpha value is -2.97. The van der Waals surface area contributed by atoms with Crippen LogP contribution >= 0.6 is 0 Å². The van der Waals surface area contributed by atoms with Gasteiger partial charge in [0, 0.05) is 23.8 Å². The van der Waals surface area contributed by atoms with Crippen molar-refractivity contribution in [1.29, 1.82) is 0 Å². The smallest absolute Gasteiger partial charge is 0.261 e. The molecule has 0 saturated carbocycles. The van der Waals surface area contributed by atoms with E-state index in [1.807, 2.05) is 36.4 Å². The third-order valence-corrected chi connectivity index (χ3v) is 4.31. The number of benzene rings is 1. The number of hydrogen-bond acceptors (Lipinski definition) is 4. The second kappa shape index (κ2) is 5.83. The van der Waals surface area contributed by atoms with Crippen molar-refractivity contribution in [2.45, 2.75) is 32.5 Å². The van der Waals surface area contributed by atoms with Crippen LogP contribution in [0.5, 0.6) is 0 Å². The van der Waals surface area contributed by atoms with Gasteiger partial charge in [-0.3, -0.25) is 9.36 Å². The van der Waals surface area contributed by atoms with Gasteiger partial charge >= 0.3 is 0 Å². The average Bonchev–Trinajstić information content (AvgIpc) is 2.61. The van der Waals surface area contributed by atoms with E-state index in [1.54, 1.807) is 10.8 Å². The highest BCUT2D eigenvalue weighted by atomic mass is 16.1. The van der Waals surface area contributed by atoms with Crippen LogP contribution in [0.1, 0.15) is 30.9 Å². The highest BCUT2D eigenvalue weighted by Crippen LogP contribution is 2.17. The van der Waals surface area contributed by atoms with Crippen molar-refractivity contribution >= 4 is 10.9 Å². The summed E-state index contributed by atoms with van der Waals surface area (Å²) in [6, 6.07) is 11.2. The molecule has 0 unspecified atom stereocenters. The Balaban J connectivity index is 1.78. The van der Waals surface area contributed by atoms with Gasteiger partial charge in [0.25, 0.3) is 5.56 Å². The summed E-state index contributed by atoms with van der Waals surface area (Å²) in [5, 5.41) is 4.04. The molecule has 0 amide bonds. The molecule has 0 fully saturated rings. The summed E-state index contributed by atoms with van der Waals surface area (Å²) in [6.07, 6.45) is 1.72. The third kappa shape index (κ3) is 3.04. The van der Waals surface area contributed by atoms with Crippen molar-refractivity contribution in [2.75, 3.05) is 0 Å². The standard InChI is InChI=1S/C20H18N4O/c1-20(2)13-24-18(12-22-20)23-17-11-14(7-9-16(17)19(24)25)6-8-15-5-3-4-10-21-15/h3-5,7,9-11,22H,12-13H2,1-2H3. The van der Waals surface area contributed by atoms with Crippen LogP contribution in [0.3, 0.4) is 0 Å². The Labute approximate surface area is 145 Å². The normalized spacial score (nSPS) is 15.3. The van der Waals surface area contributed by atoms with Crippen LogP contribution in [-0.4, -0.2) is 20.1 Å². The van der Waals surface area contributed by atoms with Crippen molar-refractivity contribution in [3.63, 3.8) is 0 Å². The van der Waals surface area contributed by atoms with E-state index in [2.05, 4.69) is 41.0 Å². The second-order valence-electron chi connectivity index (χ2n) is 6.85. The number of rotatable bonds is 0. The monoisotopic (exact) mass is 330 g/mol. The van der Waals surface area contributed by atoms with E-state index in [1.165, 1.54) is 0 Å². The fourth-order valence-electron chi connectivity index (χ4n) is 2.99. The van der Waals surface area contributed by atoms with Gasteiger partial charge in [0.15, 0.2) is 0 Å². The number of nitrogens with one attached hydrogen (secondary N) is 1. The topological polar surface area (TPSA) is 59.8 Å². The van der Waals surface area contributed by atoms with E-state index in [0.717, 1.165) is 11.4 Å². The molecule has 3 heterocycles. The Morgan fingerprint density at radius 1 is 1.20 bits per heavy atom. The Kier molecular flexibility index (Phi) is 3.63. The molecular weight excluding hydrogens is 312 g/mol. The van der Waals surface area contributed by atoms with E-state index in [-0.39, 0.29) is 11.1 Å². The molecule has 3 aromatic rings. The van der Waals surface area contributed by atoms with Gasteiger partial charge in [-0.25, -0.2) is 9.97 Å². The van der Waals surface area contributed by atoms with Crippen LogP contribution < -0.4 is 10.9 Å². The number of pyridine rings is 1. The molecule has 0 atom stereocenters. The SMILES string of the molecule is CC1(C)Cn2c(nc3cc(C#Cc4ccccn4)ccc3c2=O)CN1. The lowest BCUT2D eigenvalue weighted by atomic mass is 10.0. The average molecular weight is 330 g/mol. The minimum atomic E-state index is -0.111. The van der Waals surface area contributed by atoms with E-state index >= 15 is 0 Å². The summed E-state index contributed by atoms with van der Waals surface area (Å²) in [7, 11) is 0. The van der Waals surface area contributed by atoms with Gasteiger partial charge in [-0.2, -0.15) is 0 Å². The van der Waals surface area contributed by atoms with E-state index in [4.69, 9.17) is 0 Å². The van der Waals surface area contributed by atoms with Gasteiger partial charge in [0.05, 0.1) is 17.4 Å². The zero-order valence-corrected chi connectivity index (χ0v) is 14.2. The molecule has 25 heavy (non-hydrogen) atoms. The molecule has 124 valence electrons. The lowest BCUT2D eigenvalue weighted by Crippen LogP contribution is -2.50. The minimum Gasteiger partial charge on any atom is -0.303 e. The summed E-state index contributed by atoms with van der Waals surface area (Å²) >= 11 is 0. The summed E-state index contributed by atoms with van der Waals surface area (Å²) in [5.74, 6) is 6.89. The molecule has 1 aliphatic rings. The number of nitrogens with zero attached hydrogens (tertiary/aromatic N) is 3. The van der Waals surface area contributed by atoms with Gasteiger partial charge in [-0.05, 0) is 50.1 Å². The van der Waals surface area contributed by atoms with Crippen LogP contribution in [-0.2, 0) is 13.1 Å². The van der Waals surface area contributed by atoms with Crippen LogP contribution in [0.4, 0.5) is 0 Å². The Morgan fingerprint density at radius 2 is 2.08 bits per heavy atom. The summed E-state index contributed by atoms with van der Waals surface area (Å²) in [6.45, 7) is 5.37. The molecule has 1 N–H and O–H groups in total. The van der Waals surface area contributed by atoms with Crippen molar-refractivity contribution in [1.82, 2.24) is 19.9 Å². The Morgan fingerprint density at radius 3 is 2.88 bits per heavy atom. The molecule has 2 aromatic heterocycles. The van der Waals surface area contributed by atoms with Gasteiger partial charge in [-0.15, -0.1) is 0 Å². The predicted octanol–water partition coefficient (Wildman–Crippen LogP) is 2.07. The predicted molar refractivity (Wildman–Crippen MR) is 97.1 cm³/mol. The molecule has 0 bridgehead atoms. The van der Waals surface area contributed by atoms with Crippen LogP contribution in [0.2, 0.25) is 0 Å². The summed E-state index contributed by atoms with van der Waals surface area (Å²) < 4.78 is 1.78. The summed E-state index contributed by atoms with van der Waals surface area (Å²) in [4.78, 5) is 21.7. The lowest BCUT2D eigenvalue weighted by molar-refractivity contribution is 0.282. The molecule has 5 nitrogen and oxygen atoms in total. The first-order chi connectivity index (χ1) is 12.0. The number of hydrogen-bond donors (Lipinski definition) is 1. The van der Waals surface area contributed by atoms with E-state index in [0.29, 0.717) is 29.7 Å². The third-order valence-electron chi connectivity index (χ3n) is 4.31. The van der Waals surface area contributed by atoms with Crippen molar-refractivity contribution in [3.05, 3.63) is 70.0 Å². The van der Waals surface area contributed by atoms with Crippen molar-refractivity contribution in [2.24, 2.45) is 0 Å². The Bertz CT molecular complexity index is 1070. The molecule has 0 saturated heterocycles. The van der Waals surface area contributed by atoms with Crippen molar-refractivity contribution in [3.8, 4) is 11.8 Å². The fourth-order valence-corrected chi connectivity index (χ4v) is 2.99. The van der Waals surface area contributed by atoms with Crippen molar-refractivity contribution < 1.29 is 0 Å². The highest BCUT2D eigenvalue weighted by Gasteiger charge is 2.26. The molecule has 4 rings (SSSR count). The molecule has 0 spiro atoms. The summed E-state index contributed by atoms with van der Waals surface area (Å²) in [5.41, 5.74) is 2.12. The quantitative estimate of drug-likeness (QED) is 0.641.